The number of rotatable bonds is 6. The highest BCUT2D eigenvalue weighted by atomic mass is 16.2. The van der Waals surface area contributed by atoms with Gasteiger partial charge in [0, 0.05) is 43.4 Å². The highest BCUT2D eigenvalue weighted by Gasteiger charge is 2.36. The molecule has 1 aromatic carbocycles. The number of nitrogens with zero attached hydrogens (tertiary/aromatic N) is 2. The van der Waals surface area contributed by atoms with Crippen molar-refractivity contribution < 1.29 is 9.59 Å². The normalized spacial score (nSPS) is 14.4. The molecule has 2 aromatic rings. The lowest BCUT2D eigenvalue weighted by molar-refractivity contribution is -0.138. The molecular formula is C22H28N4O2. The van der Waals surface area contributed by atoms with Gasteiger partial charge in [-0.2, -0.15) is 0 Å². The van der Waals surface area contributed by atoms with E-state index in [1.54, 1.807) is 26.2 Å². The van der Waals surface area contributed by atoms with E-state index in [2.05, 4.69) is 20.5 Å². The zero-order valence-electron chi connectivity index (χ0n) is 16.6. The summed E-state index contributed by atoms with van der Waals surface area (Å²) in [7, 11) is 0. The van der Waals surface area contributed by atoms with Crippen molar-refractivity contribution in [1.82, 2.24) is 10.3 Å². The molecule has 1 aliphatic rings. The van der Waals surface area contributed by atoms with Crippen molar-refractivity contribution in [3.8, 4) is 0 Å². The molecule has 6 nitrogen and oxygen atoms in total. The summed E-state index contributed by atoms with van der Waals surface area (Å²) in [6.07, 6.45) is 7.09. The van der Waals surface area contributed by atoms with Crippen molar-refractivity contribution in [2.75, 3.05) is 23.3 Å². The fourth-order valence-electron chi connectivity index (χ4n) is 3.20. The summed E-state index contributed by atoms with van der Waals surface area (Å²) in [6.45, 7) is 5.79. The van der Waals surface area contributed by atoms with Crippen LogP contribution in [0.5, 0.6) is 0 Å². The summed E-state index contributed by atoms with van der Waals surface area (Å²) in [6, 6.07) is 11.5. The van der Waals surface area contributed by atoms with Crippen molar-refractivity contribution in [3.63, 3.8) is 0 Å². The molecule has 0 saturated carbocycles. The molecule has 2 heterocycles. The van der Waals surface area contributed by atoms with Gasteiger partial charge < -0.3 is 15.5 Å². The number of carbonyl (C=O) groups is 2. The summed E-state index contributed by atoms with van der Waals surface area (Å²) in [4.78, 5) is 31.5. The lowest BCUT2D eigenvalue weighted by atomic mass is 9.90. The summed E-state index contributed by atoms with van der Waals surface area (Å²) in [5.74, 6) is -0.641. The quantitative estimate of drug-likeness (QED) is 0.754. The monoisotopic (exact) mass is 380 g/mol. The number of nitrogens with one attached hydrogen (secondary N) is 2. The number of pyridine rings is 1. The van der Waals surface area contributed by atoms with Crippen LogP contribution >= 0.6 is 0 Å². The van der Waals surface area contributed by atoms with E-state index in [0.717, 1.165) is 18.7 Å². The maximum Gasteiger partial charge on any atom is 0.239 e. The molecule has 1 saturated heterocycles. The van der Waals surface area contributed by atoms with Crippen LogP contribution in [0, 0.1) is 5.41 Å². The molecule has 1 aromatic heterocycles. The minimum atomic E-state index is -1.18. The minimum absolute atomic E-state index is 0.313. The fraction of sp³-hybridized carbons (Fsp3) is 0.409. The molecule has 1 aliphatic heterocycles. The second-order valence-corrected chi connectivity index (χ2v) is 7.71. The predicted molar refractivity (Wildman–Crippen MR) is 111 cm³/mol. The number of piperidine rings is 1. The van der Waals surface area contributed by atoms with E-state index in [4.69, 9.17) is 0 Å². The smallest absolute Gasteiger partial charge is 0.239 e. The van der Waals surface area contributed by atoms with E-state index in [1.165, 1.54) is 24.9 Å². The summed E-state index contributed by atoms with van der Waals surface area (Å²) < 4.78 is 0. The first kappa shape index (κ1) is 19.9. The number of hydrogen-bond donors (Lipinski definition) is 2. The Morgan fingerprint density at radius 3 is 2.25 bits per heavy atom. The second kappa shape index (κ2) is 8.87. The van der Waals surface area contributed by atoms with Gasteiger partial charge in [-0.05, 0) is 75.1 Å². The third-order valence-corrected chi connectivity index (χ3v) is 5.18. The Hall–Kier alpha value is -2.89. The predicted octanol–water partition coefficient (Wildman–Crippen LogP) is 3.35. The zero-order chi connectivity index (χ0) is 20.0. The van der Waals surface area contributed by atoms with E-state index < -0.39 is 5.41 Å². The molecule has 0 unspecified atom stereocenters. The van der Waals surface area contributed by atoms with E-state index >= 15 is 0 Å². The van der Waals surface area contributed by atoms with Crippen LogP contribution < -0.4 is 15.5 Å². The molecule has 0 bridgehead atoms. The largest absolute Gasteiger partial charge is 0.372 e. The highest BCUT2D eigenvalue weighted by Crippen LogP contribution is 2.24. The van der Waals surface area contributed by atoms with Crippen LogP contribution in [0.4, 0.5) is 11.4 Å². The minimum Gasteiger partial charge on any atom is -0.372 e. The Kier molecular flexibility index (Phi) is 6.29. The molecule has 28 heavy (non-hydrogen) atoms. The highest BCUT2D eigenvalue weighted by molar-refractivity contribution is 6.09. The Labute approximate surface area is 166 Å². The average Bonchev–Trinajstić information content (AvgIpc) is 2.73. The third kappa shape index (κ3) is 4.88. The molecule has 0 atom stereocenters. The van der Waals surface area contributed by atoms with Crippen LogP contribution in [0.15, 0.2) is 48.8 Å². The van der Waals surface area contributed by atoms with Gasteiger partial charge in [-0.25, -0.2) is 0 Å². The van der Waals surface area contributed by atoms with Crippen molar-refractivity contribution >= 4 is 23.2 Å². The fourth-order valence-corrected chi connectivity index (χ4v) is 3.20. The first-order chi connectivity index (χ1) is 13.5. The van der Waals surface area contributed by atoms with Crippen LogP contribution in [-0.4, -0.2) is 29.9 Å². The van der Waals surface area contributed by atoms with Crippen molar-refractivity contribution in [2.24, 2.45) is 5.41 Å². The summed E-state index contributed by atoms with van der Waals surface area (Å²) >= 11 is 0. The number of benzene rings is 1. The van der Waals surface area contributed by atoms with Crippen molar-refractivity contribution in [2.45, 2.75) is 39.7 Å². The van der Waals surface area contributed by atoms with Gasteiger partial charge in [-0.15, -0.1) is 0 Å². The molecule has 2 N–H and O–H groups in total. The lowest BCUT2D eigenvalue weighted by Gasteiger charge is -2.29. The summed E-state index contributed by atoms with van der Waals surface area (Å²) in [5.41, 5.74) is 1.62. The first-order valence-corrected chi connectivity index (χ1v) is 9.80. The number of carbonyl (C=O) groups excluding carboxylic acids is 2. The van der Waals surface area contributed by atoms with Gasteiger partial charge in [-0.3, -0.25) is 14.6 Å². The number of anilines is 2. The van der Waals surface area contributed by atoms with Gasteiger partial charge in [0.1, 0.15) is 5.41 Å². The van der Waals surface area contributed by atoms with Crippen molar-refractivity contribution in [1.29, 1.82) is 0 Å². The van der Waals surface area contributed by atoms with Gasteiger partial charge >= 0.3 is 0 Å². The molecule has 2 amide bonds. The molecule has 0 radical (unpaired) electrons. The van der Waals surface area contributed by atoms with Crippen LogP contribution in [0.2, 0.25) is 0 Å². The Morgan fingerprint density at radius 1 is 0.964 bits per heavy atom. The van der Waals surface area contributed by atoms with Crippen LogP contribution in [0.25, 0.3) is 0 Å². The Bertz CT molecular complexity index is 797. The van der Waals surface area contributed by atoms with Crippen molar-refractivity contribution in [3.05, 3.63) is 54.4 Å². The summed E-state index contributed by atoms with van der Waals surface area (Å²) in [5, 5.41) is 5.69. The number of hydrogen-bond acceptors (Lipinski definition) is 4. The van der Waals surface area contributed by atoms with Gasteiger partial charge in [0.15, 0.2) is 0 Å². The number of aromatic nitrogens is 1. The van der Waals surface area contributed by atoms with E-state index in [9.17, 15) is 9.59 Å². The first-order valence-electron chi connectivity index (χ1n) is 9.80. The Balaban J connectivity index is 1.56. The van der Waals surface area contributed by atoms with E-state index in [-0.39, 0.29) is 11.8 Å². The molecule has 148 valence electrons. The molecular weight excluding hydrogens is 352 g/mol. The molecule has 3 rings (SSSR count). The van der Waals surface area contributed by atoms with Crippen LogP contribution in [0.3, 0.4) is 0 Å². The standard InChI is InChI=1S/C22H28N4O2/c1-22(2,20(27)24-16-17-10-12-23-13-11-17)21(28)25-18-6-8-19(9-7-18)26-14-4-3-5-15-26/h6-13H,3-5,14-16H2,1-2H3,(H,24,27)(H,25,28). The van der Waals surface area contributed by atoms with Gasteiger partial charge in [-0.1, -0.05) is 0 Å². The van der Waals surface area contributed by atoms with Crippen LogP contribution in [-0.2, 0) is 16.1 Å². The second-order valence-electron chi connectivity index (χ2n) is 7.71. The van der Waals surface area contributed by atoms with Crippen LogP contribution in [0.1, 0.15) is 38.7 Å². The lowest BCUT2D eigenvalue weighted by Crippen LogP contribution is -2.44. The van der Waals surface area contributed by atoms with Gasteiger partial charge in [0.05, 0.1) is 0 Å². The number of amides is 2. The Morgan fingerprint density at radius 2 is 1.61 bits per heavy atom. The average molecular weight is 380 g/mol. The molecule has 1 fully saturated rings. The SMILES string of the molecule is CC(C)(C(=O)NCc1ccncc1)C(=O)Nc1ccc(N2CCCCC2)cc1. The molecule has 6 heteroatoms. The molecule has 0 spiro atoms. The zero-order valence-corrected chi connectivity index (χ0v) is 16.6. The van der Waals surface area contributed by atoms with E-state index in [0.29, 0.717) is 12.2 Å². The van der Waals surface area contributed by atoms with E-state index in [1.807, 2.05) is 36.4 Å². The van der Waals surface area contributed by atoms with Gasteiger partial charge in [0.2, 0.25) is 11.8 Å². The van der Waals surface area contributed by atoms with Gasteiger partial charge in [0.25, 0.3) is 0 Å². The molecule has 0 aliphatic carbocycles. The maximum atomic E-state index is 12.7. The third-order valence-electron chi connectivity index (χ3n) is 5.18. The maximum absolute atomic E-state index is 12.7. The topological polar surface area (TPSA) is 74.3 Å².